The number of nitrogens with one attached hydrogen (secondary N) is 1. The Morgan fingerprint density at radius 1 is 1.35 bits per heavy atom. The van der Waals surface area contributed by atoms with E-state index >= 15 is 0 Å². The second-order valence-corrected chi connectivity index (χ2v) is 4.56. The molecule has 0 unspecified atom stereocenters. The first kappa shape index (κ1) is 13.8. The first-order valence-electron chi connectivity index (χ1n) is 5.73. The molecule has 0 atom stereocenters. The molecule has 0 bridgehead atoms. The van der Waals surface area contributed by atoms with Crippen LogP contribution in [0.25, 0.3) is 0 Å². The third-order valence-corrected chi connectivity index (χ3v) is 3.12. The molecule has 0 heterocycles. The summed E-state index contributed by atoms with van der Waals surface area (Å²) in [5.41, 5.74) is 2.02. The van der Waals surface area contributed by atoms with Crippen molar-refractivity contribution in [2.24, 2.45) is 0 Å². The number of hydrogen-bond acceptors (Lipinski definition) is 4. The summed E-state index contributed by atoms with van der Waals surface area (Å²) in [6.45, 7) is 1.89. The summed E-state index contributed by atoms with van der Waals surface area (Å²) in [5.74, 6) is 0. The molecule has 0 aromatic heterocycles. The van der Waals surface area contributed by atoms with Gasteiger partial charge in [-0.3, -0.25) is 10.1 Å². The van der Waals surface area contributed by atoms with Gasteiger partial charge in [-0.25, -0.2) is 0 Å². The van der Waals surface area contributed by atoms with Crippen LogP contribution in [0.5, 0.6) is 0 Å². The zero-order chi connectivity index (χ0) is 14.7. The topological polar surface area (TPSA) is 79.0 Å². The molecule has 0 aliphatic carbocycles. The number of anilines is 2. The van der Waals surface area contributed by atoms with E-state index in [1.165, 1.54) is 12.1 Å². The van der Waals surface area contributed by atoms with Gasteiger partial charge in [0, 0.05) is 11.8 Å². The van der Waals surface area contributed by atoms with Gasteiger partial charge < -0.3 is 5.32 Å². The lowest BCUT2D eigenvalue weighted by Gasteiger charge is -2.11. The lowest BCUT2D eigenvalue weighted by atomic mass is 10.1. The summed E-state index contributed by atoms with van der Waals surface area (Å²) in [7, 11) is 0. The number of nitriles is 1. The van der Waals surface area contributed by atoms with Gasteiger partial charge in [0.2, 0.25) is 0 Å². The fourth-order valence-corrected chi connectivity index (χ4v) is 2.07. The summed E-state index contributed by atoms with van der Waals surface area (Å²) in [4.78, 5) is 10.2. The Balaban J connectivity index is 2.41. The fourth-order valence-electron chi connectivity index (χ4n) is 1.80. The molecule has 100 valence electrons. The number of halogens is 1. The van der Waals surface area contributed by atoms with Crippen LogP contribution in [0.2, 0.25) is 5.02 Å². The largest absolute Gasteiger partial charge is 0.354 e. The van der Waals surface area contributed by atoms with Gasteiger partial charge in [-0.05, 0) is 30.7 Å². The Hall–Kier alpha value is -2.58. The quantitative estimate of drug-likeness (QED) is 0.678. The summed E-state index contributed by atoms with van der Waals surface area (Å²) in [6, 6.07) is 11.6. The Bertz CT molecular complexity index is 703. The predicted octanol–water partition coefficient (Wildman–Crippen LogP) is 4.17. The van der Waals surface area contributed by atoms with Crippen LogP contribution in [-0.4, -0.2) is 4.92 Å². The molecule has 0 aliphatic rings. The minimum atomic E-state index is -0.580. The van der Waals surface area contributed by atoms with Crippen LogP contribution >= 0.6 is 11.6 Å². The Labute approximate surface area is 120 Å². The van der Waals surface area contributed by atoms with Gasteiger partial charge in [0.05, 0.1) is 15.6 Å². The van der Waals surface area contributed by atoms with Crippen LogP contribution < -0.4 is 5.32 Å². The zero-order valence-electron chi connectivity index (χ0n) is 10.6. The second kappa shape index (κ2) is 5.59. The van der Waals surface area contributed by atoms with E-state index in [1.807, 2.05) is 25.1 Å². The van der Waals surface area contributed by atoms with Crippen LogP contribution in [0.1, 0.15) is 11.1 Å². The summed E-state index contributed by atoms with van der Waals surface area (Å²) in [5, 5.41) is 23.3. The van der Waals surface area contributed by atoms with Gasteiger partial charge in [-0.1, -0.05) is 23.7 Å². The van der Waals surface area contributed by atoms with Crippen molar-refractivity contribution in [2.45, 2.75) is 6.92 Å². The molecular weight excluding hydrogens is 278 g/mol. The van der Waals surface area contributed by atoms with Crippen molar-refractivity contribution in [3.63, 3.8) is 0 Å². The van der Waals surface area contributed by atoms with Crippen LogP contribution in [0, 0.1) is 28.4 Å². The van der Waals surface area contributed by atoms with Crippen molar-refractivity contribution in [3.8, 4) is 6.07 Å². The van der Waals surface area contributed by atoms with Crippen molar-refractivity contribution in [1.29, 1.82) is 5.26 Å². The van der Waals surface area contributed by atoms with Crippen molar-refractivity contribution < 1.29 is 4.92 Å². The molecule has 0 fully saturated rings. The third kappa shape index (κ3) is 2.71. The van der Waals surface area contributed by atoms with Gasteiger partial charge in [-0.15, -0.1) is 0 Å². The smallest absolute Gasteiger partial charge is 0.287 e. The summed E-state index contributed by atoms with van der Waals surface area (Å²) >= 11 is 6.10. The molecule has 0 aliphatic heterocycles. The predicted molar refractivity (Wildman–Crippen MR) is 77.3 cm³/mol. The minimum Gasteiger partial charge on any atom is -0.354 e. The molecule has 1 N–H and O–H groups in total. The van der Waals surface area contributed by atoms with Crippen molar-refractivity contribution >= 4 is 28.7 Å². The van der Waals surface area contributed by atoms with E-state index in [0.717, 1.165) is 5.56 Å². The second-order valence-electron chi connectivity index (χ2n) is 4.16. The highest BCUT2D eigenvalue weighted by Crippen LogP contribution is 2.30. The Morgan fingerprint density at radius 3 is 2.70 bits per heavy atom. The van der Waals surface area contributed by atoms with Crippen molar-refractivity contribution in [1.82, 2.24) is 0 Å². The van der Waals surface area contributed by atoms with Crippen LogP contribution in [-0.2, 0) is 0 Å². The van der Waals surface area contributed by atoms with Crippen LogP contribution in [0.3, 0.4) is 0 Å². The standard InChI is InChI=1S/C14H10ClN3O2/c1-9-3-2-4-12(15)14(9)17-11-5-6-13(18(19)20)10(7-11)8-16/h2-7,17H,1H3. The minimum absolute atomic E-state index is 0.00436. The zero-order valence-corrected chi connectivity index (χ0v) is 11.3. The number of nitro groups is 1. The third-order valence-electron chi connectivity index (χ3n) is 2.80. The summed E-state index contributed by atoms with van der Waals surface area (Å²) in [6.07, 6.45) is 0. The molecule has 2 aromatic rings. The lowest BCUT2D eigenvalue weighted by Crippen LogP contribution is -1.97. The average Bonchev–Trinajstić information content (AvgIpc) is 2.42. The van der Waals surface area contributed by atoms with E-state index < -0.39 is 4.92 Å². The molecule has 0 amide bonds. The fraction of sp³-hybridized carbons (Fsp3) is 0.0714. The van der Waals surface area contributed by atoms with Gasteiger partial charge in [0.1, 0.15) is 11.6 Å². The maximum atomic E-state index is 10.8. The normalized spacial score (nSPS) is 9.85. The van der Waals surface area contributed by atoms with E-state index in [1.54, 1.807) is 12.1 Å². The number of rotatable bonds is 3. The number of nitrogens with zero attached hydrogens (tertiary/aromatic N) is 2. The lowest BCUT2D eigenvalue weighted by molar-refractivity contribution is -0.385. The molecule has 20 heavy (non-hydrogen) atoms. The number of para-hydroxylation sites is 1. The highest BCUT2D eigenvalue weighted by molar-refractivity contribution is 6.33. The molecule has 6 heteroatoms. The number of nitro benzene ring substituents is 1. The highest BCUT2D eigenvalue weighted by atomic mass is 35.5. The van der Waals surface area contributed by atoms with E-state index in [0.29, 0.717) is 16.4 Å². The summed E-state index contributed by atoms with van der Waals surface area (Å²) < 4.78 is 0. The van der Waals surface area contributed by atoms with Gasteiger partial charge in [0.15, 0.2) is 0 Å². The molecule has 2 aromatic carbocycles. The van der Waals surface area contributed by atoms with Gasteiger partial charge in [0.25, 0.3) is 5.69 Å². The molecule has 2 rings (SSSR count). The maximum Gasteiger partial charge on any atom is 0.287 e. The Morgan fingerprint density at radius 2 is 2.10 bits per heavy atom. The number of benzene rings is 2. The van der Waals surface area contributed by atoms with Gasteiger partial charge >= 0.3 is 0 Å². The first-order valence-corrected chi connectivity index (χ1v) is 6.11. The molecule has 0 saturated carbocycles. The molecule has 0 saturated heterocycles. The van der Waals surface area contributed by atoms with E-state index in [-0.39, 0.29) is 11.3 Å². The Kier molecular flexibility index (Phi) is 3.87. The first-order chi connectivity index (χ1) is 9.52. The van der Waals surface area contributed by atoms with Crippen molar-refractivity contribution in [2.75, 3.05) is 5.32 Å². The van der Waals surface area contributed by atoms with Crippen LogP contribution in [0.15, 0.2) is 36.4 Å². The van der Waals surface area contributed by atoms with Crippen LogP contribution in [0.4, 0.5) is 17.1 Å². The number of hydrogen-bond donors (Lipinski definition) is 1. The molecule has 0 spiro atoms. The number of aryl methyl sites for hydroxylation is 1. The van der Waals surface area contributed by atoms with E-state index in [2.05, 4.69) is 5.32 Å². The van der Waals surface area contributed by atoms with E-state index in [9.17, 15) is 10.1 Å². The molecule has 0 radical (unpaired) electrons. The van der Waals surface area contributed by atoms with Crippen molar-refractivity contribution in [3.05, 3.63) is 62.7 Å². The maximum absolute atomic E-state index is 10.8. The highest BCUT2D eigenvalue weighted by Gasteiger charge is 2.14. The monoisotopic (exact) mass is 287 g/mol. The average molecular weight is 288 g/mol. The molecule has 5 nitrogen and oxygen atoms in total. The van der Waals surface area contributed by atoms with Gasteiger partial charge in [-0.2, -0.15) is 5.26 Å². The van der Waals surface area contributed by atoms with E-state index in [4.69, 9.17) is 16.9 Å². The molecular formula is C14H10ClN3O2. The SMILES string of the molecule is Cc1cccc(Cl)c1Nc1ccc([N+](=O)[O-])c(C#N)c1.